The third-order valence-corrected chi connectivity index (χ3v) is 24.7. The Morgan fingerprint density at radius 3 is 0.941 bits per heavy atom. The van der Waals surface area contributed by atoms with Crippen molar-refractivity contribution in [2.75, 3.05) is 209 Å². The van der Waals surface area contributed by atoms with Gasteiger partial charge in [0.25, 0.3) is 0 Å². The first-order valence-corrected chi connectivity index (χ1v) is 42.3. The van der Waals surface area contributed by atoms with Crippen LogP contribution in [0, 0.1) is 53.3 Å². The fourth-order valence-corrected chi connectivity index (χ4v) is 17.6. The van der Waals surface area contributed by atoms with Crippen molar-refractivity contribution in [2.45, 2.75) is 200 Å². The van der Waals surface area contributed by atoms with Gasteiger partial charge in [0.1, 0.15) is 0 Å². The van der Waals surface area contributed by atoms with Crippen LogP contribution in [0.1, 0.15) is 173 Å². The maximum Gasteiger partial charge on any atom is 0.376 e. The fraction of sp³-hybridized carbons (Fsp3) is 0.960. The number of carbonyl (C=O) groups is 3. The van der Waals surface area contributed by atoms with E-state index in [1.165, 1.54) is 207 Å². The van der Waals surface area contributed by atoms with Crippen molar-refractivity contribution >= 4 is 38.9 Å². The molecule has 0 radical (unpaired) electrons. The van der Waals surface area contributed by atoms with Crippen molar-refractivity contribution in [3.8, 4) is 0 Å². The highest BCUT2D eigenvalue weighted by Gasteiger charge is 2.34. The lowest BCUT2D eigenvalue weighted by atomic mass is 9.80. The number of amides is 3. The molecule has 3 amide bonds. The van der Waals surface area contributed by atoms with Crippen molar-refractivity contribution in [1.29, 1.82) is 0 Å². The van der Waals surface area contributed by atoms with Crippen molar-refractivity contribution in [3.05, 3.63) is 0 Å². The number of hydrogen-bond donors (Lipinski definition) is 15. The van der Waals surface area contributed by atoms with Crippen LogP contribution in [0.25, 0.3) is 0 Å². The van der Waals surface area contributed by atoms with Gasteiger partial charge in [-0.25, -0.2) is 0 Å². The lowest BCUT2D eigenvalue weighted by Gasteiger charge is -2.36. The van der Waals surface area contributed by atoms with E-state index in [4.69, 9.17) is 0 Å². The Morgan fingerprint density at radius 1 is 0.307 bits per heavy atom. The van der Waals surface area contributed by atoms with E-state index in [1.807, 2.05) is 24.2 Å². The second-order valence-corrected chi connectivity index (χ2v) is 32.2. The number of nitrogens with zero attached hydrogens (tertiary/aromatic N) is 5. The highest BCUT2D eigenvalue weighted by molar-refractivity contribution is 6.45. The Morgan fingerprint density at radius 2 is 0.584 bits per heavy atom. The second kappa shape index (κ2) is 52.9. The van der Waals surface area contributed by atoms with Gasteiger partial charge in [0, 0.05) is 82.7 Å². The van der Waals surface area contributed by atoms with Crippen LogP contribution < -0.4 is 63.8 Å². The molecule has 23 nitrogen and oxygen atoms in total. The Hall–Kier alpha value is -2.08. The molecular weight excluding hydrogens is 1270 g/mol. The van der Waals surface area contributed by atoms with Gasteiger partial charge < -0.3 is 103 Å². The summed E-state index contributed by atoms with van der Waals surface area (Å²) in [7, 11) is -1.16. The third-order valence-electron chi connectivity index (χ3n) is 24.7. The molecule has 13 aliphatic rings. The van der Waals surface area contributed by atoms with Crippen molar-refractivity contribution < 1.29 is 29.5 Å². The topological polar surface area (TPSA) is 272 Å². The predicted molar refractivity (Wildman–Crippen MR) is 419 cm³/mol. The zero-order valence-electron chi connectivity index (χ0n) is 64.5. The number of hydrogen-bond acceptors (Lipinski definition) is 20. The number of nitrogens with one attached hydrogen (secondary N) is 12. The molecule has 0 saturated carbocycles. The normalized spacial score (nSPS) is 25.1. The summed E-state index contributed by atoms with van der Waals surface area (Å²) in [5.74, 6) is 7.53. The lowest BCUT2D eigenvalue weighted by Crippen LogP contribution is -2.51. The van der Waals surface area contributed by atoms with Gasteiger partial charge in [-0.3, -0.25) is 14.4 Å². The van der Waals surface area contributed by atoms with E-state index in [0.29, 0.717) is 17.9 Å². The molecule has 13 fully saturated rings. The summed E-state index contributed by atoms with van der Waals surface area (Å²) in [6.07, 6.45) is 34.2. The highest BCUT2D eigenvalue weighted by Crippen LogP contribution is 2.30. The van der Waals surface area contributed by atoms with Gasteiger partial charge in [0.2, 0.25) is 17.7 Å². The summed E-state index contributed by atoms with van der Waals surface area (Å²) in [5.41, 5.74) is 0. The molecule has 0 unspecified atom stereocenters. The summed E-state index contributed by atoms with van der Waals surface area (Å²) < 4.78 is 0. The van der Waals surface area contributed by atoms with Crippen LogP contribution in [0.5, 0.6) is 0 Å². The van der Waals surface area contributed by atoms with E-state index < -0.39 is 7.05 Å². The molecule has 0 spiro atoms. The Bertz CT molecular complexity index is 1990. The number of piperazine rings is 1. The molecule has 0 atom stereocenters. The minimum atomic E-state index is -0.390. The second-order valence-electron chi connectivity index (χ2n) is 32.2. The van der Waals surface area contributed by atoms with Gasteiger partial charge in [-0.15, -0.1) is 0 Å². The van der Waals surface area contributed by atoms with Gasteiger partial charge in [-0.05, 0) is 348 Å². The van der Waals surface area contributed by atoms with Gasteiger partial charge in [-0.2, -0.15) is 0 Å². The summed E-state index contributed by atoms with van der Waals surface area (Å²) in [4.78, 5) is 46.9. The van der Waals surface area contributed by atoms with E-state index in [2.05, 4.69) is 63.8 Å². The molecule has 13 rings (SSSR count). The summed E-state index contributed by atoms with van der Waals surface area (Å²) in [6, 6.07) is 0.355. The summed E-state index contributed by atoms with van der Waals surface area (Å²) in [5, 5.41) is 68.7. The van der Waals surface area contributed by atoms with Gasteiger partial charge in [0.05, 0.1) is 0 Å². The van der Waals surface area contributed by atoms with Gasteiger partial charge in [0.15, 0.2) is 0 Å². The molecule has 101 heavy (non-hydrogen) atoms. The van der Waals surface area contributed by atoms with E-state index >= 15 is 0 Å². The first-order valence-electron chi connectivity index (χ1n) is 42.3. The van der Waals surface area contributed by atoms with Crippen molar-refractivity contribution in [3.63, 3.8) is 0 Å². The van der Waals surface area contributed by atoms with Crippen LogP contribution in [0.15, 0.2) is 0 Å². The van der Waals surface area contributed by atoms with E-state index in [9.17, 15) is 29.5 Å². The maximum absolute atomic E-state index is 12.4. The van der Waals surface area contributed by atoms with Crippen LogP contribution in [0.2, 0.25) is 20.5 Å². The monoisotopic (exact) mass is 1420 g/mol. The van der Waals surface area contributed by atoms with Crippen LogP contribution in [-0.2, 0) is 14.4 Å². The maximum atomic E-state index is 12.4. The van der Waals surface area contributed by atoms with Crippen LogP contribution in [-0.4, -0.2) is 294 Å². The van der Waals surface area contributed by atoms with E-state index in [-0.39, 0.29) is 37.8 Å². The van der Waals surface area contributed by atoms with Crippen molar-refractivity contribution in [1.82, 2.24) is 88.0 Å². The molecule has 13 heterocycles. The van der Waals surface area contributed by atoms with Crippen LogP contribution in [0.4, 0.5) is 0 Å². The minimum absolute atomic E-state index is 0.134. The number of carbonyl (C=O) groups excluding carboxylic acids is 3. The Labute approximate surface area is 616 Å². The lowest BCUT2D eigenvalue weighted by molar-refractivity contribution is -0.137. The third kappa shape index (κ3) is 35.7. The smallest absolute Gasteiger partial charge is 0.376 e. The average molecular weight is 1420 g/mol. The molecule has 13 aliphatic heterocycles. The molecule has 0 aromatic heterocycles. The van der Waals surface area contributed by atoms with Crippen LogP contribution in [0.3, 0.4) is 0 Å². The van der Waals surface area contributed by atoms with E-state index in [1.54, 1.807) is 20.5 Å². The van der Waals surface area contributed by atoms with E-state index in [0.717, 1.165) is 211 Å². The predicted octanol–water partition coefficient (Wildman–Crippen LogP) is 3.02. The first-order chi connectivity index (χ1) is 49.4. The zero-order valence-corrected chi connectivity index (χ0v) is 64.5. The highest BCUT2D eigenvalue weighted by atomic mass is 16.2. The average Bonchev–Trinajstić information content (AvgIpc) is 1.25. The quantitative estimate of drug-likeness (QED) is 0.105. The standard InChI is InChI=1S/C13H26N2.2C12H24BN3O2.C12H24N2.C11H22BN3O2.C10H20N2.C5H12N2/c1(2-12-4-8-14-9-5-12)3-13-6-10-15-11-7-13;1-13(18)16-8-4-10(5-9-16)12(17)15-11-2-6-14-7-3-11;1-13(18)16-8-3-11(4-9-16)12(17)15-7-2-5-14-6-10-15;1(11-3-7-13-8-4-11)2-12-5-9-14-10-6-12;1-12(17)15-6-2-10(3-7-15)11(16)14-8-4-13-5-9-14;1-5-11-6-2-9(1)10-3-7-12-8-4-10;1-2-6-4-5-7-3-1/h12-15H,1-11H2;10-11,14,18H,2-9H2,1H3,(H,15,17);11,14,18H,2-10H2,1H3;11-14H,1-10H2;10,13,17H,2-9H2,1H3;9-12H,1-8H2;6-7H,1-5H2. The van der Waals surface area contributed by atoms with Gasteiger partial charge in [-0.1, -0.05) is 32.1 Å². The Kier molecular flexibility index (Phi) is 45.1. The molecule has 26 heteroatoms. The molecule has 0 aromatic rings. The molecule has 0 bridgehead atoms. The largest absolute Gasteiger partial charge is 0.437 e. The van der Waals surface area contributed by atoms with Crippen molar-refractivity contribution in [2.24, 2.45) is 53.3 Å². The molecular formula is C75H152B3N17O6. The molecule has 15 N–H and O–H groups in total. The summed E-state index contributed by atoms with van der Waals surface area (Å²) >= 11 is 0. The number of piperidine rings is 10. The zero-order chi connectivity index (χ0) is 71.3. The number of rotatable bonds is 15. The summed E-state index contributed by atoms with van der Waals surface area (Å²) in [6.45, 7) is 39.3. The molecule has 13 saturated heterocycles. The molecule has 0 aromatic carbocycles. The van der Waals surface area contributed by atoms with Gasteiger partial charge >= 0.3 is 21.2 Å². The molecule has 582 valence electrons. The Balaban J connectivity index is 0.000000167. The molecule has 0 aliphatic carbocycles. The first kappa shape index (κ1) is 86.2. The SMILES string of the molecule is C(CC1CCNCC1)CC1CCNCC1.C1CC(C2CCNCC2)CCN1.C1CC(CCC2CCNCC2)CCN1.C1CNCCNC1.CB(O)N1CCC(C(=O)N2CCCNCC2)CC1.CB(O)N1CCC(C(=O)N2CCNCC2)CC1.CB(O)N1CCC(C(=O)NC2CCNCC2)CC1. The van der Waals surface area contributed by atoms with Crippen LogP contribution >= 0.6 is 0 Å². The fourth-order valence-electron chi connectivity index (χ4n) is 17.6. The minimum Gasteiger partial charge on any atom is -0.437 e.